The van der Waals surface area contributed by atoms with Gasteiger partial charge in [-0.1, -0.05) is 36.4 Å². The Bertz CT molecular complexity index is 1250. The minimum Gasteiger partial charge on any atom is -0.435 e. The lowest BCUT2D eigenvalue weighted by molar-refractivity contribution is -0.122. The molecule has 0 aliphatic carbocycles. The Morgan fingerprint density at radius 3 is 2.61 bits per heavy atom. The molecule has 3 amide bonds. The SMILES string of the molecule is O=C(NCCN1C(=O)SC(=Cc2ccc(OC(F)F)cc2)C1=O)c1ccc2ccccc2n1. The number of pyridine rings is 1. The van der Waals surface area contributed by atoms with Crippen LogP contribution in [0.1, 0.15) is 16.1 Å². The molecule has 1 saturated heterocycles. The largest absolute Gasteiger partial charge is 0.435 e. The van der Waals surface area contributed by atoms with Crippen LogP contribution in [0.15, 0.2) is 65.6 Å². The number of aromatic nitrogens is 1. The van der Waals surface area contributed by atoms with E-state index in [1.165, 1.54) is 30.3 Å². The summed E-state index contributed by atoms with van der Waals surface area (Å²) in [4.78, 5) is 42.8. The molecular weight excluding hydrogens is 452 g/mol. The number of hydrogen-bond donors (Lipinski definition) is 1. The smallest absolute Gasteiger partial charge is 0.387 e. The average Bonchev–Trinajstić information content (AvgIpc) is 3.07. The van der Waals surface area contributed by atoms with Crippen molar-refractivity contribution in [2.24, 2.45) is 0 Å². The molecule has 1 aliphatic heterocycles. The van der Waals surface area contributed by atoms with Gasteiger partial charge in [0, 0.05) is 18.5 Å². The molecule has 2 heterocycles. The fraction of sp³-hybridized carbons (Fsp3) is 0.130. The highest BCUT2D eigenvalue weighted by Gasteiger charge is 2.34. The summed E-state index contributed by atoms with van der Waals surface area (Å²) in [6.45, 7) is -2.86. The normalized spacial score (nSPS) is 15.0. The van der Waals surface area contributed by atoms with Gasteiger partial charge in [-0.3, -0.25) is 19.3 Å². The van der Waals surface area contributed by atoms with E-state index in [0.717, 1.165) is 22.0 Å². The highest BCUT2D eigenvalue weighted by Crippen LogP contribution is 2.32. The van der Waals surface area contributed by atoms with E-state index in [1.54, 1.807) is 18.2 Å². The second kappa shape index (κ2) is 9.78. The Morgan fingerprint density at radius 2 is 1.85 bits per heavy atom. The Kier molecular flexibility index (Phi) is 6.64. The van der Waals surface area contributed by atoms with Gasteiger partial charge < -0.3 is 10.1 Å². The van der Waals surface area contributed by atoms with Crippen molar-refractivity contribution in [3.63, 3.8) is 0 Å². The maximum Gasteiger partial charge on any atom is 0.387 e. The van der Waals surface area contributed by atoms with Gasteiger partial charge in [-0.15, -0.1) is 0 Å². The molecule has 10 heteroatoms. The summed E-state index contributed by atoms with van der Waals surface area (Å²) < 4.78 is 28.8. The highest BCUT2D eigenvalue weighted by atomic mass is 32.2. The number of alkyl halides is 2. The highest BCUT2D eigenvalue weighted by molar-refractivity contribution is 8.18. The molecule has 0 bridgehead atoms. The van der Waals surface area contributed by atoms with Crippen molar-refractivity contribution in [3.05, 3.63) is 76.8 Å². The Morgan fingerprint density at radius 1 is 1.09 bits per heavy atom. The number of thioether (sulfide) groups is 1. The van der Waals surface area contributed by atoms with Crippen molar-refractivity contribution in [3.8, 4) is 5.75 Å². The van der Waals surface area contributed by atoms with E-state index in [1.807, 2.05) is 18.2 Å². The number of fused-ring (bicyclic) bond motifs is 1. The minimum atomic E-state index is -2.93. The summed E-state index contributed by atoms with van der Waals surface area (Å²) in [6, 6.07) is 16.5. The minimum absolute atomic E-state index is 0.00247. The Hall–Kier alpha value is -3.79. The third kappa shape index (κ3) is 5.35. The second-order valence-corrected chi connectivity index (χ2v) is 7.92. The lowest BCUT2D eigenvalue weighted by Crippen LogP contribution is -2.37. The van der Waals surface area contributed by atoms with E-state index in [2.05, 4.69) is 15.0 Å². The number of nitrogens with zero attached hydrogens (tertiary/aromatic N) is 2. The molecule has 168 valence electrons. The molecule has 0 atom stereocenters. The van der Waals surface area contributed by atoms with Crippen molar-refractivity contribution in [2.45, 2.75) is 6.61 Å². The van der Waals surface area contributed by atoms with Gasteiger partial charge in [0.15, 0.2) is 0 Å². The number of amides is 3. The molecular formula is C23H17F2N3O4S. The maximum absolute atomic E-state index is 12.6. The summed E-state index contributed by atoms with van der Waals surface area (Å²) >= 11 is 0.770. The van der Waals surface area contributed by atoms with Gasteiger partial charge in [-0.05, 0) is 47.7 Å². The van der Waals surface area contributed by atoms with Gasteiger partial charge in [0.2, 0.25) is 0 Å². The Balaban J connectivity index is 1.34. The molecule has 7 nitrogen and oxygen atoms in total. The van der Waals surface area contributed by atoms with E-state index < -0.39 is 23.7 Å². The predicted octanol–water partition coefficient (Wildman–Crippen LogP) is 4.30. The summed E-state index contributed by atoms with van der Waals surface area (Å²) in [5.74, 6) is -0.905. The molecule has 0 radical (unpaired) electrons. The van der Waals surface area contributed by atoms with Gasteiger partial charge >= 0.3 is 6.61 Å². The van der Waals surface area contributed by atoms with Gasteiger partial charge in [0.1, 0.15) is 11.4 Å². The number of rotatable bonds is 7. The van der Waals surface area contributed by atoms with Crippen LogP contribution in [-0.2, 0) is 4.79 Å². The number of nitrogens with one attached hydrogen (secondary N) is 1. The summed E-state index contributed by atoms with van der Waals surface area (Å²) in [6.07, 6.45) is 1.49. The molecule has 3 aromatic rings. The van der Waals surface area contributed by atoms with Crippen LogP contribution >= 0.6 is 11.8 Å². The standard InChI is InChI=1S/C23H17F2N3O4S/c24-22(25)32-16-8-5-14(6-9-16)13-19-21(30)28(23(31)33-19)12-11-26-20(29)18-10-7-15-3-1-2-4-17(15)27-18/h1-10,13,22H,11-12H2,(H,26,29). The van der Waals surface area contributed by atoms with Crippen LogP contribution in [0.2, 0.25) is 0 Å². The first-order valence-electron chi connectivity index (χ1n) is 9.85. The molecule has 1 aliphatic rings. The molecule has 0 saturated carbocycles. The summed E-state index contributed by atoms with van der Waals surface area (Å²) in [7, 11) is 0. The van der Waals surface area contributed by atoms with E-state index in [4.69, 9.17) is 0 Å². The molecule has 1 N–H and O–H groups in total. The number of benzene rings is 2. The van der Waals surface area contributed by atoms with Crippen molar-refractivity contribution >= 4 is 45.8 Å². The third-order valence-electron chi connectivity index (χ3n) is 4.73. The van der Waals surface area contributed by atoms with E-state index in [0.29, 0.717) is 11.1 Å². The zero-order valence-electron chi connectivity index (χ0n) is 17.0. The summed E-state index contributed by atoms with van der Waals surface area (Å²) in [5, 5.41) is 3.12. The van der Waals surface area contributed by atoms with Gasteiger partial charge in [0.25, 0.3) is 17.1 Å². The van der Waals surface area contributed by atoms with Crippen LogP contribution < -0.4 is 10.1 Å². The van der Waals surface area contributed by atoms with Gasteiger partial charge in [-0.25, -0.2) is 4.98 Å². The number of carbonyl (C=O) groups is 3. The average molecular weight is 469 g/mol. The number of para-hydroxylation sites is 1. The first-order chi connectivity index (χ1) is 15.9. The van der Waals surface area contributed by atoms with Crippen molar-refractivity contribution in [1.82, 2.24) is 15.2 Å². The van der Waals surface area contributed by atoms with E-state index >= 15 is 0 Å². The third-order valence-corrected chi connectivity index (χ3v) is 5.64. The van der Waals surface area contributed by atoms with Crippen LogP contribution in [0, 0.1) is 0 Å². The topological polar surface area (TPSA) is 88.6 Å². The monoisotopic (exact) mass is 469 g/mol. The van der Waals surface area contributed by atoms with Crippen LogP contribution in [0.25, 0.3) is 17.0 Å². The van der Waals surface area contributed by atoms with Crippen molar-refractivity contribution in [1.29, 1.82) is 0 Å². The van der Waals surface area contributed by atoms with Crippen LogP contribution in [0.4, 0.5) is 13.6 Å². The van der Waals surface area contributed by atoms with E-state index in [9.17, 15) is 23.2 Å². The van der Waals surface area contributed by atoms with Crippen LogP contribution in [-0.4, -0.2) is 46.6 Å². The number of imide groups is 1. The van der Waals surface area contributed by atoms with E-state index in [-0.39, 0.29) is 29.4 Å². The van der Waals surface area contributed by atoms with Gasteiger partial charge in [0.05, 0.1) is 10.4 Å². The Labute approximate surface area is 191 Å². The lowest BCUT2D eigenvalue weighted by atomic mass is 10.2. The van der Waals surface area contributed by atoms with Crippen molar-refractivity contribution in [2.75, 3.05) is 13.1 Å². The number of ether oxygens (including phenoxy) is 1. The lowest BCUT2D eigenvalue weighted by Gasteiger charge is -2.13. The zero-order chi connectivity index (χ0) is 23.4. The maximum atomic E-state index is 12.6. The summed E-state index contributed by atoms with van der Waals surface area (Å²) in [5.41, 5.74) is 1.48. The van der Waals surface area contributed by atoms with Crippen LogP contribution in [0.5, 0.6) is 5.75 Å². The predicted molar refractivity (Wildman–Crippen MR) is 120 cm³/mol. The molecule has 1 fully saturated rings. The fourth-order valence-corrected chi connectivity index (χ4v) is 4.02. The number of hydrogen-bond acceptors (Lipinski definition) is 6. The fourth-order valence-electron chi connectivity index (χ4n) is 3.15. The molecule has 1 aromatic heterocycles. The number of carbonyl (C=O) groups excluding carboxylic acids is 3. The van der Waals surface area contributed by atoms with Crippen molar-refractivity contribution < 1.29 is 27.9 Å². The first-order valence-corrected chi connectivity index (χ1v) is 10.7. The molecule has 2 aromatic carbocycles. The second-order valence-electron chi connectivity index (χ2n) is 6.93. The first kappa shape index (κ1) is 22.4. The zero-order valence-corrected chi connectivity index (χ0v) is 17.9. The quantitative estimate of drug-likeness (QED) is 0.519. The molecule has 33 heavy (non-hydrogen) atoms. The van der Waals surface area contributed by atoms with Crippen LogP contribution in [0.3, 0.4) is 0 Å². The molecule has 0 spiro atoms. The van der Waals surface area contributed by atoms with Gasteiger partial charge in [-0.2, -0.15) is 8.78 Å². The number of halogens is 2. The molecule has 4 rings (SSSR count). The molecule has 0 unspecified atom stereocenters.